The normalized spacial score (nSPS) is 8.33. The molecule has 9 heavy (non-hydrogen) atoms. The monoisotopic (exact) mass is 128 g/mol. The molecule has 0 spiro atoms. The van der Waals surface area contributed by atoms with Crippen LogP contribution in [0.5, 0.6) is 0 Å². The van der Waals surface area contributed by atoms with E-state index in [0.29, 0.717) is 0 Å². The highest BCUT2D eigenvalue weighted by Crippen LogP contribution is 1.90. The summed E-state index contributed by atoms with van der Waals surface area (Å²) >= 11 is 0. The summed E-state index contributed by atoms with van der Waals surface area (Å²) < 4.78 is 0. The molecule has 0 saturated heterocycles. The fourth-order valence-electron chi connectivity index (χ4n) is 0.618. The van der Waals surface area contributed by atoms with E-state index in [0.717, 1.165) is 12.2 Å². The number of allylic oxidation sites excluding steroid dienone is 1. The lowest BCUT2D eigenvalue weighted by molar-refractivity contribution is 0.810. The van der Waals surface area contributed by atoms with Gasteiger partial charge in [-0.05, 0) is 12.5 Å². The van der Waals surface area contributed by atoms with Gasteiger partial charge in [0.15, 0.2) is 0 Å². The predicted molar refractivity (Wildman–Crippen MR) is 41.1 cm³/mol. The average molecular weight is 128 g/mol. The molecule has 0 bridgehead atoms. The van der Waals surface area contributed by atoms with Crippen LogP contribution in [0.1, 0.15) is 19.8 Å². The molecule has 0 unspecified atom stereocenters. The third kappa shape index (κ3) is 3.88. The highest BCUT2D eigenvalue weighted by Gasteiger charge is 1.83. The van der Waals surface area contributed by atoms with Gasteiger partial charge in [0, 0.05) is 14.1 Å². The van der Waals surface area contributed by atoms with Crippen molar-refractivity contribution in [1.82, 2.24) is 10.6 Å². The van der Waals surface area contributed by atoms with Gasteiger partial charge in [-0.1, -0.05) is 13.3 Å². The van der Waals surface area contributed by atoms with Gasteiger partial charge in [0.1, 0.15) is 0 Å². The van der Waals surface area contributed by atoms with Crippen molar-refractivity contribution in [1.29, 1.82) is 0 Å². The first-order chi connectivity index (χ1) is 4.35. The molecule has 0 aromatic heterocycles. The van der Waals surface area contributed by atoms with Gasteiger partial charge in [0.25, 0.3) is 0 Å². The lowest BCUT2D eigenvalue weighted by atomic mass is 10.3. The summed E-state index contributed by atoms with van der Waals surface area (Å²) in [5.41, 5.74) is 0. The number of hydrogen-bond acceptors (Lipinski definition) is 2. The Labute approximate surface area is 57.3 Å². The summed E-state index contributed by atoms with van der Waals surface area (Å²) in [6.07, 6.45) is 4.49. The molecule has 0 rings (SSSR count). The van der Waals surface area contributed by atoms with E-state index in [1.165, 1.54) is 6.42 Å². The maximum Gasteiger partial charge on any atom is 0.0940 e. The summed E-state index contributed by atoms with van der Waals surface area (Å²) in [7, 11) is 3.83. The van der Waals surface area contributed by atoms with Crippen molar-refractivity contribution in [3.8, 4) is 0 Å². The summed E-state index contributed by atoms with van der Waals surface area (Å²) in [5, 5.41) is 6.07. The largest absolute Gasteiger partial charge is 0.375 e. The Bertz CT molecular complexity index is 80.9. The van der Waals surface area contributed by atoms with Gasteiger partial charge in [0.05, 0.1) is 5.82 Å². The molecule has 2 nitrogen and oxygen atoms in total. The first-order valence-corrected chi connectivity index (χ1v) is 3.40. The molecule has 0 aromatic rings. The first-order valence-electron chi connectivity index (χ1n) is 3.40. The zero-order valence-corrected chi connectivity index (χ0v) is 6.49. The van der Waals surface area contributed by atoms with Gasteiger partial charge in [-0.15, -0.1) is 0 Å². The Morgan fingerprint density at radius 3 is 2.22 bits per heavy atom. The minimum Gasteiger partial charge on any atom is -0.375 e. The van der Waals surface area contributed by atoms with E-state index in [2.05, 4.69) is 23.6 Å². The second-order valence-corrected chi connectivity index (χ2v) is 1.91. The third-order valence-electron chi connectivity index (χ3n) is 1.18. The number of rotatable bonds is 4. The van der Waals surface area contributed by atoms with Gasteiger partial charge in [-0.25, -0.2) is 0 Å². The van der Waals surface area contributed by atoms with Gasteiger partial charge in [-0.3, -0.25) is 0 Å². The second kappa shape index (κ2) is 5.48. The molecule has 0 aromatic carbocycles. The van der Waals surface area contributed by atoms with Gasteiger partial charge >= 0.3 is 0 Å². The van der Waals surface area contributed by atoms with Crippen LogP contribution in [0, 0.1) is 0 Å². The summed E-state index contributed by atoms with van der Waals surface area (Å²) in [6, 6.07) is 0. The zero-order chi connectivity index (χ0) is 7.11. The van der Waals surface area contributed by atoms with Crippen LogP contribution in [0.25, 0.3) is 0 Å². The molecular formula is C7H16N2. The quantitative estimate of drug-likeness (QED) is 0.591. The van der Waals surface area contributed by atoms with Crippen LogP contribution in [0.3, 0.4) is 0 Å². The molecule has 0 radical (unpaired) electrons. The molecular weight excluding hydrogens is 112 g/mol. The second-order valence-electron chi connectivity index (χ2n) is 1.91. The van der Waals surface area contributed by atoms with E-state index in [-0.39, 0.29) is 0 Å². The van der Waals surface area contributed by atoms with Gasteiger partial charge in [0.2, 0.25) is 0 Å². The van der Waals surface area contributed by atoms with Gasteiger partial charge < -0.3 is 10.6 Å². The van der Waals surface area contributed by atoms with Crippen molar-refractivity contribution >= 4 is 0 Å². The minimum absolute atomic E-state index is 1.11. The van der Waals surface area contributed by atoms with Crippen molar-refractivity contribution in [2.75, 3.05) is 14.1 Å². The molecule has 0 fully saturated rings. The Hall–Kier alpha value is -0.660. The highest BCUT2D eigenvalue weighted by molar-refractivity contribution is 4.94. The molecule has 0 heterocycles. The Kier molecular flexibility index (Phi) is 5.07. The van der Waals surface area contributed by atoms with Crippen molar-refractivity contribution in [2.45, 2.75) is 19.8 Å². The van der Waals surface area contributed by atoms with Crippen molar-refractivity contribution < 1.29 is 0 Å². The summed E-state index contributed by atoms with van der Waals surface area (Å²) in [6.45, 7) is 2.17. The molecule has 54 valence electrons. The molecule has 0 aliphatic carbocycles. The van der Waals surface area contributed by atoms with E-state index in [1.807, 2.05) is 14.1 Å². The fourth-order valence-corrected chi connectivity index (χ4v) is 0.618. The first kappa shape index (κ1) is 8.34. The van der Waals surface area contributed by atoms with Crippen LogP contribution in [0.15, 0.2) is 11.9 Å². The summed E-state index contributed by atoms with van der Waals surface area (Å²) in [5.74, 6) is 1.11. The molecule has 0 aliphatic rings. The minimum atomic E-state index is 1.11. The van der Waals surface area contributed by atoms with Crippen molar-refractivity contribution in [2.24, 2.45) is 0 Å². The van der Waals surface area contributed by atoms with Crippen molar-refractivity contribution in [3.63, 3.8) is 0 Å². The Morgan fingerprint density at radius 2 is 1.89 bits per heavy atom. The van der Waals surface area contributed by atoms with Crippen LogP contribution in [-0.2, 0) is 0 Å². The lowest BCUT2D eigenvalue weighted by Crippen LogP contribution is -2.18. The topological polar surface area (TPSA) is 24.1 Å². The summed E-state index contributed by atoms with van der Waals surface area (Å²) in [4.78, 5) is 0. The number of nitrogens with one attached hydrogen (secondary N) is 2. The van der Waals surface area contributed by atoms with Crippen molar-refractivity contribution in [3.05, 3.63) is 11.9 Å². The predicted octanol–water partition coefficient (Wildman–Crippen LogP) is 1.07. The molecule has 2 heteroatoms. The van der Waals surface area contributed by atoms with E-state index in [9.17, 15) is 0 Å². The van der Waals surface area contributed by atoms with Crippen LogP contribution in [0.4, 0.5) is 0 Å². The number of unbranched alkanes of at least 4 members (excludes halogenated alkanes) is 1. The van der Waals surface area contributed by atoms with Crippen LogP contribution in [0.2, 0.25) is 0 Å². The van der Waals surface area contributed by atoms with E-state index < -0.39 is 0 Å². The molecule has 0 atom stereocenters. The third-order valence-corrected chi connectivity index (χ3v) is 1.18. The fraction of sp³-hybridized carbons (Fsp3) is 0.714. The van der Waals surface area contributed by atoms with Gasteiger partial charge in [-0.2, -0.15) is 0 Å². The SMILES string of the molecule is CCCC=C(NC)NC. The Balaban J connectivity index is 3.48. The lowest BCUT2D eigenvalue weighted by Gasteiger charge is -2.03. The molecule has 0 aliphatic heterocycles. The highest BCUT2D eigenvalue weighted by atomic mass is 15.0. The molecule has 2 N–H and O–H groups in total. The zero-order valence-electron chi connectivity index (χ0n) is 6.49. The van der Waals surface area contributed by atoms with Crippen LogP contribution >= 0.6 is 0 Å². The average Bonchev–Trinajstić information content (AvgIpc) is 1.91. The van der Waals surface area contributed by atoms with E-state index in [4.69, 9.17) is 0 Å². The molecule has 0 amide bonds. The Morgan fingerprint density at radius 1 is 1.33 bits per heavy atom. The smallest absolute Gasteiger partial charge is 0.0940 e. The van der Waals surface area contributed by atoms with Crippen LogP contribution < -0.4 is 10.6 Å². The van der Waals surface area contributed by atoms with E-state index in [1.54, 1.807) is 0 Å². The molecule has 0 saturated carbocycles. The standard InChI is InChI=1S/C7H16N2/c1-4-5-6-7(8-2)9-3/h6,8-9H,4-5H2,1-3H3. The van der Waals surface area contributed by atoms with E-state index >= 15 is 0 Å². The maximum atomic E-state index is 3.04. The number of hydrogen-bond donors (Lipinski definition) is 2. The van der Waals surface area contributed by atoms with Crippen LogP contribution in [-0.4, -0.2) is 14.1 Å². The maximum absolute atomic E-state index is 3.04.